The molecule has 0 radical (unpaired) electrons. The highest BCUT2D eigenvalue weighted by Gasteiger charge is 2.33. The summed E-state index contributed by atoms with van der Waals surface area (Å²) in [6.45, 7) is 7.86. The lowest BCUT2D eigenvalue weighted by molar-refractivity contribution is -0.139. The van der Waals surface area contributed by atoms with E-state index in [0.29, 0.717) is 25.6 Å². The summed E-state index contributed by atoms with van der Waals surface area (Å²) in [7, 11) is 0. The highest BCUT2D eigenvalue weighted by atomic mass is 35.5. The molecular formula is C29H26ClN3O3S. The predicted molar refractivity (Wildman–Crippen MR) is 147 cm³/mol. The number of esters is 1. The van der Waals surface area contributed by atoms with Gasteiger partial charge in [0.25, 0.3) is 5.56 Å². The number of carbonyl (C=O) groups excluding carboxylic acids is 1. The highest BCUT2D eigenvalue weighted by molar-refractivity contribution is 7.07. The lowest BCUT2D eigenvalue weighted by atomic mass is 9.96. The molecule has 2 aromatic carbocycles. The summed E-state index contributed by atoms with van der Waals surface area (Å²) in [6.07, 6.45) is 1.91. The number of aromatic nitrogens is 2. The smallest absolute Gasteiger partial charge is 0.338 e. The summed E-state index contributed by atoms with van der Waals surface area (Å²) < 4.78 is 9.65. The van der Waals surface area contributed by atoms with Crippen LogP contribution >= 0.6 is 22.9 Å². The first-order valence-corrected chi connectivity index (χ1v) is 13.2. The van der Waals surface area contributed by atoms with Crippen molar-refractivity contribution in [1.82, 2.24) is 9.13 Å². The van der Waals surface area contributed by atoms with E-state index < -0.39 is 12.0 Å². The topological polar surface area (TPSA) is 65.6 Å². The van der Waals surface area contributed by atoms with Gasteiger partial charge in [0.1, 0.15) is 0 Å². The fourth-order valence-corrected chi connectivity index (χ4v) is 5.97. The zero-order chi connectivity index (χ0) is 26.3. The van der Waals surface area contributed by atoms with E-state index in [0.717, 1.165) is 28.2 Å². The molecule has 37 heavy (non-hydrogen) atoms. The Kier molecular flexibility index (Phi) is 6.75. The second-order valence-corrected chi connectivity index (χ2v) is 10.3. The first kappa shape index (κ1) is 25.0. The van der Waals surface area contributed by atoms with Gasteiger partial charge in [0.2, 0.25) is 0 Å². The van der Waals surface area contributed by atoms with Crippen molar-refractivity contribution in [3.05, 3.63) is 119 Å². The van der Waals surface area contributed by atoms with Gasteiger partial charge in [0.05, 0.1) is 28.5 Å². The summed E-state index contributed by atoms with van der Waals surface area (Å²) in [5, 5.41) is 0.679. The fraction of sp³-hybridized carbons (Fsp3) is 0.207. The van der Waals surface area contributed by atoms with E-state index in [9.17, 15) is 9.59 Å². The number of thiazole rings is 1. The Hall–Kier alpha value is -3.68. The standard InChI is InChI=1S/C29H26ClN3O3S/c1-5-36-28(35)25-18(3)31-29-33(26(25)20-9-7-6-8-10-20)27(34)24(37-29)16-21-15-17(2)32(19(21)4)23-13-11-22(30)12-14-23/h6-16,26H,5H2,1-4H3/b24-16-/t26-/m0/s1. The predicted octanol–water partition coefficient (Wildman–Crippen LogP) is 4.86. The molecule has 6 nitrogen and oxygen atoms in total. The summed E-state index contributed by atoms with van der Waals surface area (Å²) in [5.74, 6) is -0.460. The first-order chi connectivity index (χ1) is 17.8. The summed E-state index contributed by atoms with van der Waals surface area (Å²) in [6, 6.07) is 18.7. The minimum absolute atomic E-state index is 0.191. The van der Waals surface area contributed by atoms with E-state index in [1.807, 2.05) is 74.5 Å². The van der Waals surface area contributed by atoms with Crippen LogP contribution in [0.2, 0.25) is 5.02 Å². The lowest BCUT2D eigenvalue weighted by Gasteiger charge is -2.24. The summed E-state index contributed by atoms with van der Waals surface area (Å²) in [4.78, 5) is 32.0. The number of aryl methyl sites for hydroxylation is 1. The maximum absolute atomic E-state index is 13.8. The minimum atomic E-state index is -0.611. The van der Waals surface area contributed by atoms with Crippen molar-refractivity contribution in [2.45, 2.75) is 33.7 Å². The number of rotatable bonds is 5. The Bertz CT molecular complexity index is 1710. The molecular weight excluding hydrogens is 506 g/mol. The molecule has 0 unspecified atom stereocenters. The van der Waals surface area contributed by atoms with Crippen molar-refractivity contribution in [2.75, 3.05) is 6.61 Å². The van der Waals surface area contributed by atoms with E-state index in [1.165, 1.54) is 11.3 Å². The molecule has 8 heteroatoms. The Morgan fingerprint density at radius 2 is 1.81 bits per heavy atom. The van der Waals surface area contributed by atoms with Crippen LogP contribution in [0.15, 0.2) is 81.7 Å². The van der Waals surface area contributed by atoms with Crippen molar-refractivity contribution in [3.8, 4) is 5.69 Å². The second-order valence-electron chi connectivity index (χ2n) is 8.85. The van der Waals surface area contributed by atoms with Crippen LogP contribution in [-0.2, 0) is 9.53 Å². The van der Waals surface area contributed by atoms with Crippen LogP contribution in [0.3, 0.4) is 0 Å². The van der Waals surface area contributed by atoms with Gasteiger partial charge in [-0.1, -0.05) is 53.3 Å². The molecule has 1 atom stereocenters. The van der Waals surface area contributed by atoms with E-state index in [-0.39, 0.29) is 12.2 Å². The number of carbonyl (C=O) groups is 1. The molecule has 3 heterocycles. The maximum Gasteiger partial charge on any atom is 0.338 e. The fourth-order valence-electron chi connectivity index (χ4n) is 4.80. The number of fused-ring (bicyclic) bond motifs is 1. The van der Waals surface area contributed by atoms with Crippen LogP contribution in [0.5, 0.6) is 0 Å². The van der Waals surface area contributed by atoms with Crippen LogP contribution in [0, 0.1) is 13.8 Å². The average Bonchev–Trinajstić information content (AvgIpc) is 3.33. The third-order valence-corrected chi connectivity index (χ3v) is 7.71. The normalized spacial score (nSPS) is 15.5. The number of benzene rings is 2. The number of hydrogen-bond donors (Lipinski definition) is 0. The van der Waals surface area contributed by atoms with Crippen molar-refractivity contribution in [1.29, 1.82) is 0 Å². The van der Waals surface area contributed by atoms with Gasteiger partial charge in [-0.2, -0.15) is 0 Å². The molecule has 0 saturated carbocycles. The summed E-state index contributed by atoms with van der Waals surface area (Å²) in [5.41, 5.74) is 5.57. The highest BCUT2D eigenvalue weighted by Crippen LogP contribution is 2.30. The Labute approximate surface area is 223 Å². The molecule has 1 aliphatic rings. The van der Waals surface area contributed by atoms with Crippen molar-refractivity contribution >= 4 is 35.0 Å². The van der Waals surface area contributed by atoms with E-state index >= 15 is 0 Å². The molecule has 0 amide bonds. The molecule has 2 aromatic heterocycles. The van der Waals surface area contributed by atoms with E-state index in [2.05, 4.69) is 15.6 Å². The molecule has 0 fully saturated rings. The van der Waals surface area contributed by atoms with Crippen LogP contribution < -0.4 is 14.9 Å². The second kappa shape index (κ2) is 10.00. The maximum atomic E-state index is 13.8. The Balaban J connectivity index is 1.68. The van der Waals surface area contributed by atoms with Gasteiger partial charge in [-0.25, -0.2) is 9.79 Å². The number of ether oxygens (including phenoxy) is 1. The first-order valence-electron chi connectivity index (χ1n) is 12.0. The van der Waals surface area contributed by atoms with Gasteiger partial charge < -0.3 is 9.30 Å². The Morgan fingerprint density at radius 3 is 2.49 bits per heavy atom. The van der Waals surface area contributed by atoms with E-state index in [4.69, 9.17) is 16.3 Å². The molecule has 0 bridgehead atoms. The lowest BCUT2D eigenvalue weighted by Crippen LogP contribution is -2.39. The van der Waals surface area contributed by atoms with Gasteiger partial charge in [-0.3, -0.25) is 9.36 Å². The molecule has 1 aliphatic heterocycles. The van der Waals surface area contributed by atoms with Crippen LogP contribution in [0.1, 0.15) is 42.4 Å². The molecule has 188 valence electrons. The molecule has 5 rings (SSSR count). The number of halogens is 1. The molecule has 0 spiro atoms. The number of nitrogens with zero attached hydrogens (tertiary/aromatic N) is 3. The molecule has 0 saturated heterocycles. The number of hydrogen-bond acceptors (Lipinski definition) is 5. The summed E-state index contributed by atoms with van der Waals surface area (Å²) >= 11 is 7.40. The van der Waals surface area contributed by atoms with Crippen molar-refractivity contribution in [3.63, 3.8) is 0 Å². The van der Waals surface area contributed by atoms with Gasteiger partial charge in [0, 0.05) is 22.1 Å². The molecule has 0 aliphatic carbocycles. The van der Waals surface area contributed by atoms with Crippen LogP contribution in [-0.4, -0.2) is 21.7 Å². The van der Waals surface area contributed by atoms with Crippen LogP contribution in [0.25, 0.3) is 11.8 Å². The Morgan fingerprint density at radius 1 is 1.11 bits per heavy atom. The van der Waals surface area contributed by atoms with Crippen LogP contribution in [0.4, 0.5) is 0 Å². The van der Waals surface area contributed by atoms with Crippen molar-refractivity contribution < 1.29 is 9.53 Å². The third-order valence-electron chi connectivity index (χ3n) is 6.47. The molecule has 4 aromatic rings. The van der Waals surface area contributed by atoms with Gasteiger partial charge in [-0.05, 0) is 75.2 Å². The number of allylic oxidation sites excluding steroid dienone is 1. The monoisotopic (exact) mass is 531 g/mol. The quantitative estimate of drug-likeness (QED) is 0.345. The van der Waals surface area contributed by atoms with Gasteiger partial charge >= 0.3 is 5.97 Å². The molecule has 0 N–H and O–H groups in total. The minimum Gasteiger partial charge on any atom is -0.463 e. The average molecular weight is 532 g/mol. The zero-order valence-electron chi connectivity index (χ0n) is 21.0. The zero-order valence-corrected chi connectivity index (χ0v) is 22.6. The largest absolute Gasteiger partial charge is 0.463 e. The van der Waals surface area contributed by atoms with Gasteiger partial charge in [-0.15, -0.1) is 0 Å². The van der Waals surface area contributed by atoms with Gasteiger partial charge in [0.15, 0.2) is 4.80 Å². The SMILES string of the molecule is CCOC(=O)C1=C(C)N=c2s/c(=C\c3cc(C)n(-c4ccc(Cl)cc4)c3C)c(=O)n2[C@H]1c1ccccc1. The van der Waals surface area contributed by atoms with E-state index in [1.54, 1.807) is 18.4 Å². The van der Waals surface area contributed by atoms with Crippen molar-refractivity contribution in [2.24, 2.45) is 4.99 Å². The third kappa shape index (κ3) is 4.49.